The molecular formula is C13H14ClNO2. The molecule has 0 aliphatic heterocycles. The van der Waals surface area contributed by atoms with Gasteiger partial charge in [0.1, 0.15) is 18.1 Å². The Kier molecular flexibility index (Phi) is 3.71. The normalized spacial score (nSPS) is 10.5. The highest BCUT2D eigenvalue weighted by Crippen LogP contribution is 2.23. The molecule has 0 saturated carbocycles. The number of rotatable bonds is 4. The summed E-state index contributed by atoms with van der Waals surface area (Å²) in [6, 6.07) is 9.34. The number of anilines is 1. The third-order valence-corrected chi connectivity index (χ3v) is 3.00. The summed E-state index contributed by atoms with van der Waals surface area (Å²) in [5, 5.41) is 12.9. The van der Waals surface area contributed by atoms with Gasteiger partial charge in [0.25, 0.3) is 0 Å². The summed E-state index contributed by atoms with van der Waals surface area (Å²) in [5.41, 5.74) is 2.00. The fourth-order valence-corrected chi connectivity index (χ4v) is 1.76. The predicted octanol–water partition coefficient (Wildman–Crippen LogP) is 3.35. The number of aliphatic hydroxyl groups excluding tert-OH is 1. The lowest BCUT2D eigenvalue weighted by Crippen LogP contribution is -2.00. The van der Waals surface area contributed by atoms with Crippen molar-refractivity contribution in [3.63, 3.8) is 0 Å². The first-order chi connectivity index (χ1) is 8.20. The van der Waals surface area contributed by atoms with Crippen molar-refractivity contribution in [1.29, 1.82) is 0 Å². The Morgan fingerprint density at radius 3 is 2.71 bits per heavy atom. The van der Waals surface area contributed by atoms with Gasteiger partial charge < -0.3 is 14.8 Å². The minimum absolute atomic E-state index is 0.0732. The van der Waals surface area contributed by atoms with Crippen molar-refractivity contribution in [3.05, 3.63) is 52.4 Å². The zero-order valence-electron chi connectivity index (χ0n) is 9.53. The fraction of sp³-hybridized carbons (Fsp3) is 0.231. The third kappa shape index (κ3) is 2.81. The first-order valence-corrected chi connectivity index (χ1v) is 5.76. The van der Waals surface area contributed by atoms with Gasteiger partial charge in [0.05, 0.1) is 6.54 Å². The molecular weight excluding hydrogens is 238 g/mol. The van der Waals surface area contributed by atoms with E-state index in [0.29, 0.717) is 12.3 Å². The van der Waals surface area contributed by atoms with Gasteiger partial charge in [-0.05, 0) is 36.8 Å². The molecule has 1 aromatic heterocycles. The van der Waals surface area contributed by atoms with E-state index >= 15 is 0 Å². The van der Waals surface area contributed by atoms with Crippen LogP contribution >= 0.6 is 11.6 Å². The minimum Gasteiger partial charge on any atom is -0.462 e. The molecule has 0 amide bonds. The molecule has 2 N–H and O–H groups in total. The van der Waals surface area contributed by atoms with Gasteiger partial charge in [0, 0.05) is 10.7 Å². The molecule has 0 aliphatic carbocycles. The van der Waals surface area contributed by atoms with Crippen LogP contribution < -0.4 is 5.32 Å². The summed E-state index contributed by atoms with van der Waals surface area (Å²) in [6.45, 7) is 2.46. The van der Waals surface area contributed by atoms with Gasteiger partial charge >= 0.3 is 0 Å². The van der Waals surface area contributed by atoms with Crippen molar-refractivity contribution in [3.8, 4) is 0 Å². The summed E-state index contributed by atoms with van der Waals surface area (Å²) in [7, 11) is 0. The number of hydrogen-bond donors (Lipinski definition) is 2. The molecule has 1 heterocycles. The van der Waals surface area contributed by atoms with Crippen LogP contribution in [0, 0.1) is 6.92 Å². The molecule has 0 bridgehead atoms. The molecule has 0 atom stereocenters. The first kappa shape index (κ1) is 12.0. The van der Waals surface area contributed by atoms with Gasteiger partial charge in [-0.3, -0.25) is 0 Å². The van der Waals surface area contributed by atoms with Crippen molar-refractivity contribution in [2.45, 2.75) is 20.1 Å². The van der Waals surface area contributed by atoms with E-state index in [1.165, 1.54) is 0 Å². The summed E-state index contributed by atoms with van der Waals surface area (Å²) in [4.78, 5) is 0. The largest absolute Gasteiger partial charge is 0.462 e. The molecule has 1 aromatic carbocycles. The monoisotopic (exact) mass is 251 g/mol. The Hall–Kier alpha value is -1.45. The molecule has 2 aromatic rings. The molecule has 2 rings (SSSR count). The van der Waals surface area contributed by atoms with Crippen LogP contribution in [0.3, 0.4) is 0 Å². The fourth-order valence-electron chi connectivity index (χ4n) is 1.58. The van der Waals surface area contributed by atoms with Crippen LogP contribution in [-0.2, 0) is 13.2 Å². The van der Waals surface area contributed by atoms with E-state index in [1.54, 1.807) is 6.07 Å². The topological polar surface area (TPSA) is 45.4 Å². The van der Waals surface area contributed by atoms with E-state index in [2.05, 4.69) is 5.32 Å². The maximum absolute atomic E-state index is 8.89. The van der Waals surface area contributed by atoms with E-state index < -0.39 is 0 Å². The van der Waals surface area contributed by atoms with Gasteiger partial charge in [-0.25, -0.2) is 0 Å². The Labute approximate surface area is 105 Å². The molecule has 0 saturated heterocycles. The number of benzene rings is 1. The van der Waals surface area contributed by atoms with Gasteiger partial charge in [0.2, 0.25) is 0 Å². The van der Waals surface area contributed by atoms with Gasteiger partial charge in [-0.1, -0.05) is 17.7 Å². The lowest BCUT2D eigenvalue weighted by Gasteiger charge is -2.09. The summed E-state index contributed by atoms with van der Waals surface area (Å²) >= 11 is 6.03. The van der Waals surface area contributed by atoms with Crippen molar-refractivity contribution >= 4 is 17.3 Å². The molecule has 0 unspecified atom stereocenters. The van der Waals surface area contributed by atoms with Crippen LogP contribution in [0.2, 0.25) is 5.02 Å². The van der Waals surface area contributed by atoms with Crippen LogP contribution in [0.1, 0.15) is 17.1 Å². The van der Waals surface area contributed by atoms with E-state index in [4.69, 9.17) is 21.1 Å². The van der Waals surface area contributed by atoms with Crippen LogP contribution in [0.4, 0.5) is 5.69 Å². The quantitative estimate of drug-likeness (QED) is 0.876. The highest BCUT2D eigenvalue weighted by Gasteiger charge is 2.04. The predicted molar refractivity (Wildman–Crippen MR) is 68.1 cm³/mol. The second kappa shape index (κ2) is 5.25. The number of aliphatic hydroxyl groups is 1. The smallest absolute Gasteiger partial charge is 0.129 e. The lowest BCUT2D eigenvalue weighted by molar-refractivity contribution is 0.244. The molecule has 90 valence electrons. The summed E-state index contributed by atoms with van der Waals surface area (Å²) in [6.07, 6.45) is 0. The molecule has 17 heavy (non-hydrogen) atoms. The van der Waals surface area contributed by atoms with Gasteiger partial charge in [-0.2, -0.15) is 0 Å². The van der Waals surface area contributed by atoms with Crippen LogP contribution in [-0.4, -0.2) is 5.11 Å². The Morgan fingerprint density at radius 1 is 1.24 bits per heavy atom. The molecule has 3 nitrogen and oxygen atoms in total. The minimum atomic E-state index is -0.0732. The number of hydrogen-bond acceptors (Lipinski definition) is 3. The first-order valence-electron chi connectivity index (χ1n) is 5.38. The number of halogens is 1. The maximum atomic E-state index is 8.89. The van der Waals surface area contributed by atoms with Crippen molar-refractivity contribution in [1.82, 2.24) is 0 Å². The highest BCUT2D eigenvalue weighted by molar-refractivity contribution is 6.31. The van der Waals surface area contributed by atoms with Crippen LogP contribution in [0.15, 0.2) is 34.7 Å². The second-order valence-corrected chi connectivity index (χ2v) is 4.20. The third-order valence-electron chi connectivity index (χ3n) is 2.59. The van der Waals surface area contributed by atoms with Crippen molar-refractivity contribution < 1.29 is 9.52 Å². The van der Waals surface area contributed by atoms with E-state index in [-0.39, 0.29) is 6.61 Å². The van der Waals surface area contributed by atoms with E-state index in [0.717, 1.165) is 22.0 Å². The van der Waals surface area contributed by atoms with Crippen LogP contribution in [0.5, 0.6) is 0 Å². The molecule has 0 fully saturated rings. The van der Waals surface area contributed by atoms with E-state index in [1.807, 2.05) is 31.2 Å². The molecule has 0 aliphatic rings. The Bertz CT molecular complexity index is 508. The average molecular weight is 252 g/mol. The Balaban J connectivity index is 2.04. The zero-order valence-corrected chi connectivity index (χ0v) is 10.3. The number of furan rings is 1. The second-order valence-electron chi connectivity index (χ2n) is 3.79. The standard InChI is InChI=1S/C13H14ClNO2/c1-9-12(14)3-2-4-13(9)15-7-10-5-6-11(8-16)17-10/h2-6,15-16H,7-8H2,1H3. The SMILES string of the molecule is Cc1c(Cl)cccc1NCc1ccc(CO)o1. The zero-order chi connectivity index (χ0) is 12.3. The summed E-state index contributed by atoms with van der Waals surface area (Å²) in [5.74, 6) is 1.36. The Morgan fingerprint density at radius 2 is 2.00 bits per heavy atom. The number of nitrogens with one attached hydrogen (secondary N) is 1. The average Bonchev–Trinajstić information content (AvgIpc) is 2.79. The van der Waals surface area contributed by atoms with E-state index in [9.17, 15) is 0 Å². The van der Waals surface area contributed by atoms with Crippen LogP contribution in [0.25, 0.3) is 0 Å². The highest BCUT2D eigenvalue weighted by atomic mass is 35.5. The molecule has 4 heteroatoms. The maximum Gasteiger partial charge on any atom is 0.129 e. The lowest BCUT2D eigenvalue weighted by atomic mass is 10.2. The molecule has 0 spiro atoms. The van der Waals surface area contributed by atoms with Gasteiger partial charge in [0.15, 0.2) is 0 Å². The van der Waals surface area contributed by atoms with Crippen molar-refractivity contribution in [2.24, 2.45) is 0 Å². The summed E-state index contributed by atoms with van der Waals surface area (Å²) < 4.78 is 5.38. The van der Waals surface area contributed by atoms with Crippen molar-refractivity contribution in [2.75, 3.05) is 5.32 Å². The van der Waals surface area contributed by atoms with Gasteiger partial charge in [-0.15, -0.1) is 0 Å². The molecule has 0 radical (unpaired) electrons.